The van der Waals surface area contributed by atoms with E-state index in [0.29, 0.717) is 23.8 Å². The van der Waals surface area contributed by atoms with Crippen LogP contribution in [0.4, 0.5) is 10.5 Å². The van der Waals surface area contributed by atoms with E-state index in [0.717, 1.165) is 51.1 Å². The second-order valence-electron chi connectivity index (χ2n) is 9.65. The van der Waals surface area contributed by atoms with Crippen molar-refractivity contribution < 1.29 is 4.79 Å². The number of hydrogen-bond donors (Lipinski definition) is 2. The minimum Gasteiger partial charge on any atom is -0.320 e. The van der Waals surface area contributed by atoms with Gasteiger partial charge >= 0.3 is 6.03 Å². The van der Waals surface area contributed by atoms with Crippen molar-refractivity contribution in [3.63, 3.8) is 0 Å². The molecule has 0 unspecified atom stereocenters. The zero-order valence-electron chi connectivity index (χ0n) is 21.4. The third-order valence-electron chi connectivity index (χ3n) is 6.75. The van der Waals surface area contributed by atoms with Crippen LogP contribution >= 0.6 is 11.6 Å². The summed E-state index contributed by atoms with van der Waals surface area (Å²) in [6.45, 7) is 10.3. The average molecular weight is 517 g/mol. The van der Waals surface area contributed by atoms with Gasteiger partial charge in [-0.25, -0.2) is 4.79 Å². The molecule has 0 radical (unpaired) electrons. The summed E-state index contributed by atoms with van der Waals surface area (Å²) in [7, 11) is 0. The molecule has 1 saturated heterocycles. The van der Waals surface area contributed by atoms with E-state index in [2.05, 4.69) is 70.6 Å². The van der Waals surface area contributed by atoms with Gasteiger partial charge in [0.05, 0.1) is 0 Å². The van der Waals surface area contributed by atoms with E-state index in [1.165, 1.54) is 11.1 Å². The lowest BCUT2D eigenvalue weighted by atomic mass is 9.88. The fourth-order valence-corrected chi connectivity index (χ4v) is 5.09. The summed E-state index contributed by atoms with van der Waals surface area (Å²) in [6.07, 6.45) is 1.93. The molecule has 0 aromatic heterocycles. The summed E-state index contributed by atoms with van der Waals surface area (Å²) in [4.78, 5) is 17.8. The molecule has 2 N–H and O–H groups in total. The predicted molar refractivity (Wildman–Crippen MR) is 154 cm³/mol. The summed E-state index contributed by atoms with van der Waals surface area (Å²) in [6, 6.07) is 28.2. The highest BCUT2D eigenvalue weighted by molar-refractivity contribution is 6.30. The van der Waals surface area contributed by atoms with Crippen molar-refractivity contribution in [3.05, 3.63) is 113 Å². The number of amides is 2. The van der Waals surface area contributed by atoms with E-state index in [-0.39, 0.29) is 11.9 Å². The molecule has 4 rings (SSSR count). The Kier molecular flexibility index (Phi) is 10.2. The Morgan fingerprint density at radius 2 is 1.68 bits per heavy atom. The second kappa shape index (κ2) is 14.0. The quantitative estimate of drug-likeness (QED) is 0.313. The third-order valence-corrected chi connectivity index (χ3v) is 6.98. The number of urea groups is 1. The summed E-state index contributed by atoms with van der Waals surface area (Å²) in [5.74, 6) is 0.189. The molecule has 0 bridgehead atoms. The lowest BCUT2D eigenvalue weighted by Crippen LogP contribution is -2.40. The van der Waals surface area contributed by atoms with Gasteiger partial charge in [-0.05, 0) is 60.8 Å². The Labute approximate surface area is 226 Å². The molecular formula is C31H37ClN4O. The van der Waals surface area contributed by atoms with Crippen molar-refractivity contribution in [1.82, 2.24) is 15.1 Å². The van der Waals surface area contributed by atoms with E-state index in [1.54, 1.807) is 12.1 Å². The normalized spacial score (nSPS) is 14.2. The lowest BCUT2D eigenvalue weighted by Gasteiger charge is -2.29. The molecule has 1 fully saturated rings. The van der Waals surface area contributed by atoms with Crippen LogP contribution in [0.15, 0.2) is 97.1 Å². The Morgan fingerprint density at radius 3 is 2.35 bits per heavy atom. The molecule has 3 aromatic carbocycles. The maximum Gasteiger partial charge on any atom is 0.322 e. The van der Waals surface area contributed by atoms with Crippen molar-refractivity contribution in [1.29, 1.82) is 0 Å². The van der Waals surface area contributed by atoms with Gasteiger partial charge in [0.25, 0.3) is 0 Å². The molecule has 1 heterocycles. The van der Waals surface area contributed by atoms with Gasteiger partial charge in [0.15, 0.2) is 0 Å². The van der Waals surface area contributed by atoms with Crippen molar-refractivity contribution in [2.75, 3.05) is 51.1 Å². The molecule has 0 aliphatic carbocycles. The van der Waals surface area contributed by atoms with E-state index < -0.39 is 0 Å². The zero-order valence-corrected chi connectivity index (χ0v) is 22.2. The van der Waals surface area contributed by atoms with Gasteiger partial charge in [-0.15, -0.1) is 0 Å². The molecule has 194 valence electrons. The number of anilines is 1. The van der Waals surface area contributed by atoms with Crippen LogP contribution in [0.25, 0.3) is 0 Å². The van der Waals surface area contributed by atoms with E-state index in [9.17, 15) is 4.79 Å². The van der Waals surface area contributed by atoms with Gasteiger partial charge in [-0.2, -0.15) is 0 Å². The molecule has 1 aliphatic rings. The highest BCUT2D eigenvalue weighted by Gasteiger charge is 2.21. The summed E-state index contributed by atoms with van der Waals surface area (Å²) in [5.41, 5.74) is 4.23. The van der Waals surface area contributed by atoms with Crippen LogP contribution in [0.1, 0.15) is 29.9 Å². The second-order valence-corrected chi connectivity index (χ2v) is 10.1. The highest BCUT2D eigenvalue weighted by Crippen LogP contribution is 2.28. The number of carbonyl (C=O) groups excluding carboxylic acids is 1. The topological polar surface area (TPSA) is 47.6 Å². The smallest absolute Gasteiger partial charge is 0.320 e. The molecule has 0 spiro atoms. The van der Waals surface area contributed by atoms with Gasteiger partial charge in [0, 0.05) is 49.4 Å². The molecular weight excluding hydrogens is 480 g/mol. The number of nitrogens with one attached hydrogen (secondary N) is 2. The van der Waals surface area contributed by atoms with Crippen LogP contribution in [-0.4, -0.2) is 61.6 Å². The maximum atomic E-state index is 13.5. The van der Waals surface area contributed by atoms with Crippen LogP contribution in [0.5, 0.6) is 0 Å². The third kappa shape index (κ3) is 8.46. The summed E-state index contributed by atoms with van der Waals surface area (Å²) in [5, 5.41) is 7.09. The van der Waals surface area contributed by atoms with E-state index >= 15 is 0 Å². The minimum atomic E-state index is -0.138. The van der Waals surface area contributed by atoms with Crippen LogP contribution in [0.3, 0.4) is 0 Å². The van der Waals surface area contributed by atoms with Crippen molar-refractivity contribution in [2.45, 2.75) is 18.8 Å². The number of carbonyl (C=O) groups is 1. The largest absolute Gasteiger partial charge is 0.322 e. The molecule has 37 heavy (non-hydrogen) atoms. The zero-order chi connectivity index (χ0) is 25.9. The van der Waals surface area contributed by atoms with Crippen LogP contribution < -0.4 is 10.6 Å². The fraction of sp³-hybridized carbons (Fsp3) is 0.323. The molecule has 6 heteroatoms. The molecule has 1 aliphatic heterocycles. The number of halogens is 1. The van der Waals surface area contributed by atoms with Crippen LogP contribution in [0, 0.1) is 0 Å². The van der Waals surface area contributed by atoms with Gasteiger partial charge < -0.3 is 15.5 Å². The number of hydrogen-bond acceptors (Lipinski definition) is 3. The highest BCUT2D eigenvalue weighted by atomic mass is 35.5. The fourth-order valence-electron chi connectivity index (χ4n) is 4.90. The number of benzene rings is 3. The Balaban J connectivity index is 1.49. The van der Waals surface area contributed by atoms with Crippen LogP contribution in [-0.2, 0) is 0 Å². The molecule has 3 aromatic rings. The standard InChI is InChI=1S/C31H37ClN4O/c1-25(23-35-19-9-17-33-18-21-35)24-36(31(37)34-29-15-8-14-28(32)22-29)20-16-30(26-10-4-2-5-11-26)27-12-6-3-7-13-27/h2-8,10-15,22,30,33H,1,9,16-21,23-24H2,(H,34,37). The monoisotopic (exact) mass is 516 g/mol. The van der Waals surface area contributed by atoms with Gasteiger partial charge in [-0.3, -0.25) is 4.90 Å². The van der Waals surface area contributed by atoms with Gasteiger partial charge in [0.1, 0.15) is 0 Å². The van der Waals surface area contributed by atoms with Crippen molar-refractivity contribution in [3.8, 4) is 0 Å². The minimum absolute atomic E-state index is 0.138. The first-order valence-electron chi connectivity index (χ1n) is 13.1. The molecule has 0 saturated carbocycles. The summed E-state index contributed by atoms with van der Waals surface area (Å²) >= 11 is 6.16. The summed E-state index contributed by atoms with van der Waals surface area (Å²) < 4.78 is 0. The van der Waals surface area contributed by atoms with Gasteiger partial charge in [-0.1, -0.05) is 84.9 Å². The van der Waals surface area contributed by atoms with Crippen molar-refractivity contribution >= 4 is 23.3 Å². The average Bonchev–Trinajstić information content (AvgIpc) is 3.18. The Hall–Kier alpha value is -3.12. The van der Waals surface area contributed by atoms with Crippen molar-refractivity contribution in [2.24, 2.45) is 0 Å². The van der Waals surface area contributed by atoms with Crippen LogP contribution in [0.2, 0.25) is 5.02 Å². The first-order valence-corrected chi connectivity index (χ1v) is 13.5. The Morgan fingerprint density at radius 1 is 0.973 bits per heavy atom. The Bertz CT molecular complexity index is 1090. The first-order chi connectivity index (χ1) is 18.1. The number of nitrogens with zero attached hydrogens (tertiary/aromatic N) is 2. The maximum absolute atomic E-state index is 13.5. The first kappa shape index (κ1) is 26.9. The number of rotatable bonds is 10. The molecule has 2 amide bonds. The molecule has 0 atom stereocenters. The van der Waals surface area contributed by atoms with E-state index in [4.69, 9.17) is 11.6 Å². The van der Waals surface area contributed by atoms with Gasteiger partial charge in [0.2, 0.25) is 0 Å². The van der Waals surface area contributed by atoms with E-state index in [1.807, 2.05) is 29.2 Å². The molecule has 5 nitrogen and oxygen atoms in total. The predicted octanol–water partition coefficient (Wildman–Crippen LogP) is 6.25. The SMILES string of the molecule is C=C(CN1CCCNCC1)CN(CCC(c1ccccc1)c1ccccc1)C(=O)Nc1cccc(Cl)c1. The lowest BCUT2D eigenvalue weighted by molar-refractivity contribution is 0.212.